The number of hydrogen-bond donors (Lipinski definition) is 2. The van der Waals surface area contributed by atoms with Crippen LogP contribution in [0.15, 0.2) is 65.1 Å². The van der Waals surface area contributed by atoms with E-state index in [0.717, 1.165) is 17.1 Å². The zero-order valence-electron chi connectivity index (χ0n) is 18.0. The number of nitrogens with zero attached hydrogens (tertiary/aromatic N) is 2. The normalized spacial score (nSPS) is 10.6. The Morgan fingerprint density at radius 2 is 1.91 bits per heavy atom. The smallest absolute Gasteiger partial charge is 0.329 e. The number of rotatable bonds is 5. The first-order chi connectivity index (χ1) is 16.4. The molecule has 0 fully saturated rings. The predicted octanol–water partition coefficient (Wildman–Crippen LogP) is 5.33. The summed E-state index contributed by atoms with van der Waals surface area (Å²) >= 11 is 0.505. The Balaban J connectivity index is 1.44. The van der Waals surface area contributed by atoms with E-state index < -0.39 is 16.1 Å². The molecule has 2 amide bonds. The lowest BCUT2D eigenvalue weighted by Gasteiger charge is -2.11. The number of aromatic nitrogens is 1. The third-order valence-electron chi connectivity index (χ3n) is 4.95. The minimum absolute atomic E-state index is 0.0338. The molecule has 0 unspecified atom stereocenters. The number of hydrogen-bond acceptors (Lipinski definition) is 8. The number of ether oxygens (including phenoxy) is 1. The van der Waals surface area contributed by atoms with E-state index in [9.17, 15) is 19.7 Å². The summed E-state index contributed by atoms with van der Waals surface area (Å²) in [5.74, 6) is 0.458. The number of anilines is 1. The molecule has 0 saturated carbocycles. The zero-order valence-corrected chi connectivity index (χ0v) is 18.8. The largest absolute Gasteiger partial charge is 0.490 e. The summed E-state index contributed by atoms with van der Waals surface area (Å²) in [6, 6.07) is 15.9. The average Bonchev–Trinajstić information content (AvgIpc) is 3.27. The second-order valence-electron chi connectivity index (χ2n) is 7.05. The number of amides is 2. The molecule has 0 atom stereocenters. The van der Waals surface area contributed by atoms with E-state index in [4.69, 9.17) is 9.15 Å². The molecule has 0 bridgehead atoms. The van der Waals surface area contributed by atoms with Crippen LogP contribution in [0.3, 0.4) is 0 Å². The van der Waals surface area contributed by atoms with Gasteiger partial charge >= 0.3 is 11.7 Å². The number of urea groups is 1. The number of nitro benzene ring substituents is 1. The van der Waals surface area contributed by atoms with Gasteiger partial charge < -0.3 is 14.5 Å². The van der Waals surface area contributed by atoms with Crippen molar-refractivity contribution in [2.75, 3.05) is 12.4 Å². The second kappa shape index (κ2) is 9.63. The minimum atomic E-state index is -0.646. The lowest BCUT2D eigenvalue weighted by molar-refractivity contribution is -0.385. The number of benzene rings is 3. The fourth-order valence-electron chi connectivity index (χ4n) is 3.25. The minimum Gasteiger partial charge on any atom is -0.490 e. The number of nitrogens with one attached hydrogen (secondary N) is 2. The molecule has 10 nitrogen and oxygen atoms in total. The Kier molecular flexibility index (Phi) is 6.46. The first kappa shape index (κ1) is 22.8. The second-order valence-corrected chi connectivity index (χ2v) is 7.83. The van der Waals surface area contributed by atoms with E-state index >= 15 is 0 Å². The SMILES string of the molecule is COc1ccc(C(=O)SNC(=O)Nc2cccc(-c3nc4ccccc4o3)c2C)cc1[N+](=O)[O-]. The molecule has 0 radical (unpaired) electrons. The summed E-state index contributed by atoms with van der Waals surface area (Å²) in [4.78, 5) is 39.8. The Hall–Kier alpha value is -4.38. The highest BCUT2D eigenvalue weighted by Crippen LogP contribution is 2.31. The van der Waals surface area contributed by atoms with Gasteiger partial charge in [-0.25, -0.2) is 9.78 Å². The Morgan fingerprint density at radius 3 is 2.65 bits per heavy atom. The summed E-state index contributed by atoms with van der Waals surface area (Å²) in [5, 5.41) is 13.3. The monoisotopic (exact) mass is 478 g/mol. The maximum atomic E-state index is 12.4. The molecule has 0 saturated heterocycles. The molecule has 0 spiro atoms. The van der Waals surface area contributed by atoms with Gasteiger partial charge in [-0.1, -0.05) is 18.2 Å². The van der Waals surface area contributed by atoms with Gasteiger partial charge in [0.1, 0.15) is 5.52 Å². The van der Waals surface area contributed by atoms with Gasteiger partial charge in [0, 0.05) is 34.8 Å². The number of para-hydroxylation sites is 2. The van der Waals surface area contributed by atoms with Gasteiger partial charge in [-0.05, 0) is 48.9 Å². The van der Waals surface area contributed by atoms with Crippen molar-refractivity contribution in [1.82, 2.24) is 9.71 Å². The molecule has 11 heteroatoms. The summed E-state index contributed by atoms with van der Waals surface area (Å²) in [5.41, 5.74) is 3.03. The van der Waals surface area contributed by atoms with Crippen LogP contribution < -0.4 is 14.8 Å². The first-order valence-electron chi connectivity index (χ1n) is 9.93. The van der Waals surface area contributed by atoms with Crippen molar-refractivity contribution in [2.24, 2.45) is 0 Å². The molecule has 0 aliphatic carbocycles. The highest BCUT2D eigenvalue weighted by Gasteiger charge is 2.19. The van der Waals surface area contributed by atoms with Crippen LogP contribution in [0.25, 0.3) is 22.6 Å². The van der Waals surface area contributed by atoms with Gasteiger partial charge in [0.15, 0.2) is 11.3 Å². The number of fused-ring (bicyclic) bond motifs is 1. The third kappa shape index (κ3) is 4.69. The van der Waals surface area contributed by atoms with E-state index in [2.05, 4.69) is 15.0 Å². The van der Waals surface area contributed by atoms with Gasteiger partial charge in [0.2, 0.25) is 11.0 Å². The molecule has 2 N–H and O–H groups in total. The van der Waals surface area contributed by atoms with Crippen molar-refractivity contribution in [1.29, 1.82) is 0 Å². The number of nitro groups is 1. The van der Waals surface area contributed by atoms with Crippen LogP contribution in [0.4, 0.5) is 16.2 Å². The molecular weight excluding hydrogens is 460 g/mol. The maximum absolute atomic E-state index is 12.4. The Labute approximate surface area is 197 Å². The van der Waals surface area contributed by atoms with Crippen LogP contribution in [-0.4, -0.2) is 28.2 Å². The van der Waals surface area contributed by atoms with E-state index in [1.807, 2.05) is 37.3 Å². The fraction of sp³-hybridized carbons (Fsp3) is 0.0870. The summed E-state index contributed by atoms with van der Waals surface area (Å²) in [6.07, 6.45) is 0. The summed E-state index contributed by atoms with van der Waals surface area (Å²) < 4.78 is 13.1. The van der Waals surface area contributed by atoms with Gasteiger partial charge in [0.25, 0.3) is 0 Å². The van der Waals surface area contributed by atoms with E-state index in [0.29, 0.717) is 34.7 Å². The molecule has 1 aromatic heterocycles. The molecule has 0 aliphatic heterocycles. The van der Waals surface area contributed by atoms with Gasteiger partial charge in [-0.15, -0.1) is 0 Å². The van der Waals surface area contributed by atoms with Crippen molar-refractivity contribution in [3.8, 4) is 17.2 Å². The summed E-state index contributed by atoms with van der Waals surface area (Å²) in [6.45, 7) is 1.81. The quantitative estimate of drug-likeness (QED) is 0.223. The van der Waals surface area contributed by atoms with Crippen LogP contribution in [0.2, 0.25) is 0 Å². The molecule has 0 aliphatic rings. The van der Waals surface area contributed by atoms with E-state index in [-0.39, 0.29) is 17.0 Å². The highest BCUT2D eigenvalue weighted by molar-refractivity contribution is 8.12. The van der Waals surface area contributed by atoms with Crippen LogP contribution in [0.1, 0.15) is 15.9 Å². The molecule has 4 aromatic rings. The van der Waals surface area contributed by atoms with Crippen molar-refractivity contribution >= 4 is 45.6 Å². The molecule has 4 rings (SSSR count). The molecule has 172 valence electrons. The number of carbonyl (C=O) groups is 2. The Morgan fingerprint density at radius 1 is 1.12 bits per heavy atom. The standard InChI is InChI=1S/C23H18N4O6S/c1-13-15(21-24-17-7-3-4-9-19(17)33-21)6-5-8-16(13)25-23(29)26-34-22(28)14-10-11-20(32-2)18(12-14)27(30)31/h3-12H,1-2H3,(H2,25,26,29). The molecule has 34 heavy (non-hydrogen) atoms. The topological polar surface area (TPSA) is 137 Å². The molecule has 3 aromatic carbocycles. The van der Waals surface area contributed by atoms with Crippen molar-refractivity contribution in [3.63, 3.8) is 0 Å². The van der Waals surface area contributed by atoms with E-state index in [1.165, 1.54) is 19.2 Å². The van der Waals surface area contributed by atoms with Crippen LogP contribution >= 0.6 is 11.9 Å². The van der Waals surface area contributed by atoms with Crippen molar-refractivity contribution < 1.29 is 23.7 Å². The van der Waals surface area contributed by atoms with Gasteiger partial charge in [0.05, 0.1) is 12.0 Å². The highest BCUT2D eigenvalue weighted by atomic mass is 32.2. The maximum Gasteiger partial charge on any atom is 0.329 e. The molecular formula is C23H18N4O6S. The van der Waals surface area contributed by atoms with Gasteiger partial charge in [-0.2, -0.15) is 0 Å². The van der Waals surface area contributed by atoms with E-state index in [1.54, 1.807) is 12.1 Å². The lowest BCUT2D eigenvalue weighted by atomic mass is 10.1. The summed E-state index contributed by atoms with van der Waals surface area (Å²) in [7, 11) is 1.30. The van der Waals surface area contributed by atoms with Gasteiger partial charge in [-0.3, -0.25) is 19.6 Å². The predicted molar refractivity (Wildman–Crippen MR) is 128 cm³/mol. The van der Waals surface area contributed by atoms with Crippen molar-refractivity contribution in [3.05, 3.63) is 81.9 Å². The zero-order chi connectivity index (χ0) is 24.2. The number of carbonyl (C=O) groups excluding carboxylic acids is 2. The van der Waals surface area contributed by atoms with Crippen molar-refractivity contribution in [2.45, 2.75) is 6.92 Å². The Bertz CT molecular complexity index is 1380. The van der Waals surface area contributed by atoms with Crippen LogP contribution in [0, 0.1) is 17.0 Å². The lowest BCUT2D eigenvalue weighted by Crippen LogP contribution is -2.24. The number of methoxy groups -OCH3 is 1. The number of oxazole rings is 1. The first-order valence-corrected chi connectivity index (χ1v) is 10.7. The average molecular weight is 478 g/mol. The fourth-order valence-corrected chi connectivity index (χ4v) is 3.73. The van der Waals surface area contributed by atoms with Crippen LogP contribution in [-0.2, 0) is 0 Å². The van der Waals surface area contributed by atoms with Crippen LogP contribution in [0.5, 0.6) is 5.75 Å². The third-order valence-corrected chi connectivity index (χ3v) is 5.66. The molecule has 1 heterocycles.